The average Bonchev–Trinajstić information content (AvgIpc) is 2.88. The molecule has 20 heavy (non-hydrogen) atoms. The first-order valence-electron chi connectivity index (χ1n) is 7.00. The highest BCUT2D eigenvalue weighted by molar-refractivity contribution is 5.20. The summed E-state index contributed by atoms with van der Waals surface area (Å²) in [6, 6.07) is 10.1. The fraction of sp³-hybridized carbons (Fsp3) is 0.467. The quantitative estimate of drug-likeness (QED) is 0.800. The van der Waals surface area contributed by atoms with Crippen LogP contribution in [0.3, 0.4) is 0 Å². The number of likely N-dealkylation sites (N-methyl/N-ethyl adjacent to an activating group) is 1. The van der Waals surface area contributed by atoms with Gasteiger partial charge >= 0.3 is 0 Å². The van der Waals surface area contributed by atoms with Gasteiger partial charge in [-0.1, -0.05) is 30.3 Å². The number of rotatable bonds is 8. The molecular formula is C15H21N3O2. The first-order chi connectivity index (χ1) is 9.78. The molecule has 0 bridgehead atoms. The molecule has 1 N–H and O–H groups in total. The van der Waals surface area contributed by atoms with Gasteiger partial charge in [0.05, 0.1) is 6.61 Å². The molecular weight excluding hydrogens is 254 g/mol. The van der Waals surface area contributed by atoms with E-state index in [9.17, 15) is 0 Å². The maximum absolute atomic E-state index is 5.60. The van der Waals surface area contributed by atoms with Crippen LogP contribution in [0.25, 0.3) is 0 Å². The molecule has 0 fully saturated rings. The largest absolute Gasteiger partial charge is 0.493 e. The number of nitrogens with zero attached hydrogens (tertiary/aromatic N) is 2. The third-order valence-corrected chi connectivity index (χ3v) is 2.88. The number of hydrogen-bond donors (Lipinski definition) is 1. The third kappa shape index (κ3) is 4.66. The monoisotopic (exact) mass is 275 g/mol. The van der Waals surface area contributed by atoms with E-state index < -0.39 is 0 Å². The highest BCUT2D eigenvalue weighted by Gasteiger charge is 2.10. The van der Waals surface area contributed by atoms with E-state index in [4.69, 9.17) is 9.26 Å². The van der Waals surface area contributed by atoms with Gasteiger partial charge in [0.25, 0.3) is 0 Å². The Labute approximate surface area is 119 Å². The predicted octanol–water partition coefficient (Wildman–Crippen LogP) is 2.23. The van der Waals surface area contributed by atoms with Crippen molar-refractivity contribution in [2.75, 3.05) is 13.2 Å². The summed E-state index contributed by atoms with van der Waals surface area (Å²) in [6.45, 7) is 5.67. The fourth-order valence-corrected chi connectivity index (χ4v) is 1.93. The molecule has 0 aliphatic carbocycles. The van der Waals surface area contributed by atoms with Crippen molar-refractivity contribution in [3.05, 3.63) is 42.0 Å². The second-order valence-electron chi connectivity index (χ2n) is 4.68. The van der Waals surface area contributed by atoms with Gasteiger partial charge in [0.1, 0.15) is 5.75 Å². The SMILES string of the molecule is CCNC(C)Cc1nc(CCOc2ccccc2)no1. The minimum atomic E-state index is 0.342. The topological polar surface area (TPSA) is 60.2 Å². The molecule has 0 saturated heterocycles. The summed E-state index contributed by atoms with van der Waals surface area (Å²) in [5, 5.41) is 7.28. The Hall–Kier alpha value is -1.88. The molecule has 5 nitrogen and oxygen atoms in total. The van der Waals surface area contributed by atoms with Crippen molar-refractivity contribution in [2.45, 2.75) is 32.7 Å². The summed E-state index contributed by atoms with van der Waals surface area (Å²) in [6.07, 6.45) is 1.40. The lowest BCUT2D eigenvalue weighted by molar-refractivity contribution is 0.313. The van der Waals surface area contributed by atoms with Gasteiger partial charge in [-0.3, -0.25) is 0 Å². The lowest BCUT2D eigenvalue weighted by Gasteiger charge is -2.07. The molecule has 1 atom stereocenters. The summed E-state index contributed by atoms with van der Waals surface area (Å²) in [5.74, 6) is 2.23. The van der Waals surface area contributed by atoms with E-state index in [0.717, 1.165) is 18.7 Å². The standard InChI is InChI=1S/C15H21N3O2/c1-3-16-12(2)11-15-17-14(18-20-15)9-10-19-13-7-5-4-6-8-13/h4-8,12,16H,3,9-11H2,1-2H3. The Morgan fingerprint density at radius 1 is 1.30 bits per heavy atom. The van der Waals surface area contributed by atoms with E-state index in [1.807, 2.05) is 30.3 Å². The number of nitrogens with one attached hydrogen (secondary N) is 1. The minimum Gasteiger partial charge on any atom is -0.493 e. The molecule has 0 spiro atoms. The Kier molecular flexibility index (Phi) is 5.55. The zero-order valence-electron chi connectivity index (χ0n) is 12.0. The van der Waals surface area contributed by atoms with Crippen molar-refractivity contribution < 1.29 is 9.26 Å². The van der Waals surface area contributed by atoms with Crippen LogP contribution in [0.5, 0.6) is 5.75 Å². The maximum atomic E-state index is 5.60. The van der Waals surface area contributed by atoms with E-state index in [1.54, 1.807) is 0 Å². The zero-order chi connectivity index (χ0) is 14.2. The van der Waals surface area contributed by atoms with Crippen LogP contribution in [0.4, 0.5) is 0 Å². The zero-order valence-corrected chi connectivity index (χ0v) is 12.0. The normalized spacial score (nSPS) is 12.3. The number of aromatic nitrogens is 2. The summed E-state index contributed by atoms with van der Waals surface area (Å²) >= 11 is 0. The molecule has 0 radical (unpaired) electrons. The molecule has 0 aliphatic rings. The van der Waals surface area contributed by atoms with Crippen LogP contribution in [0.15, 0.2) is 34.9 Å². The van der Waals surface area contributed by atoms with Gasteiger partial charge < -0.3 is 14.6 Å². The second kappa shape index (κ2) is 7.65. The predicted molar refractivity (Wildman–Crippen MR) is 76.8 cm³/mol. The van der Waals surface area contributed by atoms with Gasteiger partial charge in [0.15, 0.2) is 5.82 Å². The van der Waals surface area contributed by atoms with Crippen molar-refractivity contribution >= 4 is 0 Å². The molecule has 2 rings (SSSR count). The van der Waals surface area contributed by atoms with Crippen molar-refractivity contribution in [1.29, 1.82) is 0 Å². The minimum absolute atomic E-state index is 0.342. The van der Waals surface area contributed by atoms with Crippen LogP contribution < -0.4 is 10.1 Å². The van der Waals surface area contributed by atoms with Crippen molar-refractivity contribution in [1.82, 2.24) is 15.5 Å². The molecule has 0 amide bonds. The smallest absolute Gasteiger partial charge is 0.228 e. The van der Waals surface area contributed by atoms with Crippen LogP contribution in [0, 0.1) is 0 Å². The first kappa shape index (κ1) is 14.5. The van der Waals surface area contributed by atoms with Crippen molar-refractivity contribution in [3.63, 3.8) is 0 Å². The van der Waals surface area contributed by atoms with Gasteiger partial charge in [0, 0.05) is 18.9 Å². The molecule has 1 heterocycles. The molecule has 1 aromatic heterocycles. The van der Waals surface area contributed by atoms with Crippen molar-refractivity contribution in [2.24, 2.45) is 0 Å². The van der Waals surface area contributed by atoms with Gasteiger partial charge in [-0.15, -0.1) is 0 Å². The van der Waals surface area contributed by atoms with Gasteiger partial charge in [0.2, 0.25) is 5.89 Å². The van der Waals surface area contributed by atoms with Gasteiger partial charge in [-0.05, 0) is 25.6 Å². The van der Waals surface area contributed by atoms with E-state index in [0.29, 0.717) is 30.8 Å². The first-order valence-corrected chi connectivity index (χ1v) is 7.00. The van der Waals surface area contributed by atoms with E-state index >= 15 is 0 Å². The Bertz CT molecular complexity index is 499. The van der Waals surface area contributed by atoms with Crippen LogP contribution >= 0.6 is 0 Å². The lowest BCUT2D eigenvalue weighted by atomic mass is 10.2. The Balaban J connectivity index is 1.75. The van der Waals surface area contributed by atoms with Gasteiger partial charge in [-0.25, -0.2) is 0 Å². The Morgan fingerprint density at radius 2 is 2.10 bits per heavy atom. The van der Waals surface area contributed by atoms with Crippen LogP contribution in [0.2, 0.25) is 0 Å². The van der Waals surface area contributed by atoms with Crippen molar-refractivity contribution in [3.8, 4) is 5.75 Å². The second-order valence-corrected chi connectivity index (χ2v) is 4.68. The van der Waals surface area contributed by atoms with E-state index in [1.165, 1.54) is 0 Å². The molecule has 5 heteroatoms. The molecule has 1 aromatic carbocycles. The summed E-state index contributed by atoms with van der Waals surface area (Å²) in [4.78, 5) is 4.37. The maximum Gasteiger partial charge on any atom is 0.228 e. The number of hydrogen-bond acceptors (Lipinski definition) is 5. The van der Waals surface area contributed by atoms with Crippen LogP contribution in [-0.2, 0) is 12.8 Å². The van der Waals surface area contributed by atoms with Crippen LogP contribution in [0.1, 0.15) is 25.6 Å². The third-order valence-electron chi connectivity index (χ3n) is 2.88. The average molecular weight is 275 g/mol. The molecule has 0 aliphatic heterocycles. The highest BCUT2D eigenvalue weighted by Crippen LogP contribution is 2.09. The number of benzene rings is 1. The van der Waals surface area contributed by atoms with E-state index in [-0.39, 0.29) is 0 Å². The summed E-state index contributed by atoms with van der Waals surface area (Å²) in [5.41, 5.74) is 0. The summed E-state index contributed by atoms with van der Waals surface area (Å²) < 4.78 is 10.8. The molecule has 2 aromatic rings. The van der Waals surface area contributed by atoms with Gasteiger partial charge in [-0.2, -0.15) is 4.98 Å². The lowest BCUT2D eigenvalue weighted by Crippen LogP contribution is -2.27. The fourth-order valence-electron chi connectivity index (χ4n) is 1.93. The Morgan fingerprint density at radius 3 is 2.85 bits per heavy atom. The number of ether oxygens (including phenoxy) is 1. The van der Waals surface area contributed by atoms with Crippen LogP contribution in [-0.4, -0.2) is 29.3 Å². The highest BCUT2D eigenvalue weighted by atomic mass is 16.5. The molecule has 1 unspecified atom stereocenters. The summed E-state index contributed by atoms with van der Waals surface area (Å²) in [7, 11) is 0. The number of para-hydroxylation sites is 1. The molecule has 0 saturated carbocycles. The molecule has 108 valence electrons. The van der Waals surface area contributed by atoms with E-state index in [2.05, 4.69) is 29.3 Å².